The fourth-order valence-corrected chi connectivity index (χ4v) is 5.43. The summed E-state index contributed by atoms with van der Waals surface area (Å²) in [7, 11) is 0. The third-order valence-electron chi connectivity index (χ3n) is 5.88. The fraction of sp³-hybridized carbons (Fsp3) is 0.292. The largest absolute Gasteiger partial charge is 0.416 e. The number of morpholine rings is 1. The topological polar surface area (TPSA) is 80.0 Å². The van der Waals surface area contributed by atoms with Gasteiger partial charge in [0.25, 0.3) is 5.91 Å². The van der Waals surface area contributed by atoms with Crippen molar-refractivity contribution in [3.63, 3.8) is 0 Å². The van der Waals surface area contributed by atoms with Crippen LogP contribution in [0.1, 0.15) is 16.7 Å². The summed E-state index contributed by atoms with van der Waals surface area (Å²) in [6.45, 7) is 1.36. The minimum atomic E-state index is -4.48. The summed E-state index contributed by atoms with van der Waals surface area (Å²) >= 11 is 4.38. The smallest absolute Gasteiger partial charge is 0.394 e. The summed E-state index contributed by atoms with van der Waals surface area (Å²) in [6, 6.07) is 9.49. The van der Waals surface area contributed by atoms with E-state index in [9.17, 15) is 23.1 Å². The number of benzene rings is 2. The molecule has 7 nitrogen and oxygen atoms in total. The Labute approximate surface area is 216 Å². The van der Waals surface area contributed by atoms with Crippen molar-refractivity contribution < 1.29 is 27.8 Å². The highest BCUT2D eigenvalue weighted by atomic mass is 79.9. The van der Waals surface area contributed by atoms with Gasteiger partial charge in [-0.2, -0.15) is 23.3 Å². The second-order valence-corrected chi connectivity index (χ2v) is 10.3. The molecule has 1 N–H and O–H groups in total. The summed E-state index contributed by atoms with van der Waals surface area (Å²) in [4.78, 5) is 19.0. The van der Waals surface area contributed by atoms with E-state index in [0.29, 0.717) is 39.8 Å². The molecule has 1 atom stereocenters. The number of rotatable bonds is 4. The van der Waals surface area contributed by atoms with Gasteiger partial charge in [-0.3, -0.25) is 9.48 Å². The molecule has 2 aliphatic heterocycles. The highest BCUT2D eigenvalue weighted by molar-refractivity contribution is 9.10. The number of amidine groups is 1. The molecule has 0 aliphatic carbocycles. The van der Waals surface area contributed by atoms with E-state index in [1.54, 1.807) is 30.5 Å². The number of nitrogens with zero attached hydrogens (tertiary/aromatic N) is 4. The normalized spacial score (nSPS) is 20.0. The zero-order valence-corrected chi connectivity index (χ0v) is 21.1. The molecule has 0 bridgehead atoms. The van der Waals surface area contributed by atoms with E-state index in [1.165, 1.54) is 22.5 Å². The number of aliphatic hydroxyl groups excluding tert-OH is 1. The van der Waals surface area contributed by atoms with Crippen LogP contribution < -0.4 is 0 Å². The number of carbonyl (C=O) groups excluding carboxylic acids is 1. The summed E-state index contributed by atoms with van der Waals surface area (Å²) in [5.41, 5.74) is 0.842. The molecule has 0 saturated carbocycles. The van der Waals surface area contributed by atoms with Crippen LogP contribution in [0, 0.1) is 0 Å². The number of aliphatic hydroxyl groups is 1. The van der Waals surface area contributed by atoms with Crippen LogP contribution in [0.15, 0.2) is 57.0 Å². The second-order valence-electron chi connectivity index (χ2n) is 8.35. The number of ether oxygens (including phenoxy) is 1. The van der Waals surface area contributed by atoms with Crippen LogP contribution in [0.2, 0.25) is 0 Å². The Morgan fingerprint density at radius 1 is 1.25 bits per heavy atom. The molecule has 36 heavy (non-hydrogen) atoms. The fourth-order valence-electron chi connectivity index (χ4n) is 4.12. The molecule has 0 spiro atoms. The lowest BCUT2D eigenvalue weighted by Crippen LogP contribution is -2.45. The van der Waals surface area contributed by atoms with Crippen molar-refractivity contribution in [3.8, 4) is 0 Å². The SMILES string of the molecule is O=C1N=C(N2CCOC(CO)C2)S/C1=C/c1ccc2c(cnn2Cc2ccc(Br)cc2C(F)(F)F)c1. The van der Waals surface area contributed by atoms with Crippen LogP contribution in [-0.2, 0) is 22.3 Å². The second kappa shape index (κ2) is 10.0. The van der Waals surface area contributed by atoms with E-state index in [0.717, 1.165) is 17.0 Å². The first-order valence-electron chi connectivity index (χ1n) is 11.0. The van der Waals surface area contributed by atoms with Gasteiger partial charge in [0.15, 0.2) is 5.17 Å². The molecule has 1 fully saturated rings. The summed E-state index contributed by atoms with van der Waals surface area (Å²) < 4.78 is 47.9. The molecule has 1 saturated heterocycles. The summed E-state index contributed by atoms with van der Waals surface area (Å²) in [5.74, 6) is -0.340. The Morgan fingerprint density at radius 3 is 2.86 bits per heavy atom. The van der Waals surface area contributed by atoms with Gasteiger partial charge in [0.1, 0.15) is 0 Å². The van der Waals surface area contributed by atoms with Crippen molar-refractivity contribution in [1.82, 2.24) is 14.7 Å². The van der Waals surface area contributed by atoms with Crippen LogP contribution in [-0.4, -0.2) is 63.3 Å². The average Bonchev–Trinajstić information content (AvgIpc) is 3.42. The minimum Gasteiger partial charge on any atom is -0.394 e. The molecule has 2 aromatic carbocycles. The lowest BCUT2D eigenvalue weighted by Gasteiger charge is -2.32. The van der Waals surface area contributed by atoms with E-state index in [1.807, 2.05) is 11.0 Å². The number of thioether (sulfide) groups is 1. The van der Waals surface area contributed by atoms with Gasteiger partial charge in [-0.25, -0.2) is 0 Å². The maximum absolute atomic E-state index is 13.5. The van der Waals surface area contributed by atoms with Gasteiger partial charge in [-0.15, -0.1) is 0 Å². The molecule has 1 unspecified atom stereocenters. The number of hydrogen-bond donors (Lipinski definition) is 1. The van der Waals surface area contributed by atoms with Gasteiger partial charge in [0, 0.05) is 22.9 Å². The van der Waals surface area contributed by atoms with Crippen molar-refractivity contribution in [2.75, 3.05) is 26.3 Å². The highest BCUT2D eigenvalue weighted by Gasteiger charge is 2.34. The van der Waals surface area contributed by atoms with Gasteiger partial charge in [-0.05, 0) is 53.2 Å². The summed E-state index contributed by atoms with van der Waals surface area (Å²) in [5, 5.41) is 15.0. The monoisotopic (exact) mass is 580 g/mol. The van der Waals surface area contributed by atoms with Gasteiger partial charge in [0.05, 0.1) is 48.0 Å². The molecular formula is C24H20BrF3N4O3S. The molecule has 188 valence electrons. The first kappa shape index (κ1) is 25.0. The minimum absolute atomic E-state index is 0.0357. The van der Waals surface area contributed by atoms with Gasteiger partial charge in [0.2, 0.25) is 0 Å². The van der Waals surface area contributed by atoms with Crippen molar-refractivity contribution in [3.05, 3.63) is 68.7 Å². The molecule has 2 aliphatic rings. The van der Waals surface area contributed by atoms with Crippen LogP contribution in [0.3, 0.4) is 0 Å². The Hall–Kier alpha value is -2.67. The third kappa shape index (κ3) is 5.22. The quantitative estimate of drug-likeness (QED) is 0.457. The number of carbonyl (C=O) groups is 1. The van der Waals surface area contributed by atoms with Crippen LogP contribution in [0.5, 0.6) is 0 Å². The number of amides is 1. The Kier molecular flexibility index (Phi) is 6.95. The molecule has 1 amide bonds. The lowest BCUT2D eigenvalue weighted by atomic mass is 10.1. The standard InChI is InChI=1S/C24H20BrF3N4O3S/c25-17-3-2-15(19(9-17)24(26,27)28)11-32-20-4-1-14(7-16(20)10-29-32)8-21-22(34)30-23(36-21)31-5-6-35-18(12-31)13-33/h1-4,7-10,18,33H,5-6,11-13H2/b21-8+. The third-order valence-corrected chi connectivity index (χ3v) is 7.42. The van der Waals surface area contributed by atoms with Crippen molar-refractivity contribution >= 4 is 55.7 Å². The van der Waals surface area contributed by atoms with Gasteiger partial charge >= 0.3 is 6.18 Å². The molecule has 12 heteroatoms. The number of fused-ring (bicyclic) bond motifs is 1. The van der Waals surface area contributed by atoms with Crippen molar-refractivity contribution in [2.24, 2.45) is 4.99 Å². The first-order valence-corrected chi connectivity index (χ1v) is 12.6. The maximum Gasteiger partial charge on any atom is 0.416 e. The average molecular weight is 581 g/mol. The number of aromatic nitrogens is 2. The zero-order valence-electron chi connectivity index (χ0n) is 18.7. The van der Waals surface area contributed by atoms with Crippen LogP contribution >= 0.6 is 27.7 Å². The number of halogens is 4. The molecule has 0 radical (unpaired) electrons. The predicted octanol–water partition coefficient (Wildman–Crippen LogP) is 4.53. The van der Waals surface area contributed by atoms with Gasteiger partial charge in [-0.1, -0.05) is 28.1 Å². The van der Waals surface area contributed by atoms with Crippen LogP contribution in [0.4, 0.5) is 13.2 Å². The predicted molar refractivity (Wildman–Crippen MR) is 134 cm³/mol. The Bertz CT molecular complexity index is 1390. The van der Waals surface area contributed by atoms with Gasteiger partial charge < -0.3 is 14.7 Å². The number of hydrogen-bond acceptors (Lipinski definition) is 6. The lowest BCUT2D eigenvalue weighted by molar-refractivity contribution is -0.138. The van der Waals surface area contributed by atoms with Crippen molar-refractivity contribution in [2.45, 2.75) is 18.8 Å². The number of aliphatic imine (C=N–C) groups is 1. The summed E-state index contributed by atoms with van der Waals surface area (Å²) in [6.07, 6.45) is -1.46. The van der Waals surface area contributed by atoms with E-state index in [2.05, 4.69) is 26.0 Å². The molecule has 5 rings (SSSR count). The van der Waals surface area contributed by atoms with E-state index < -0.39 is 11.7 Å². The van der Waals surface area contributed by atoms with E-state index in [4.69, 9.17) is 4.74 Å². The van der Waals surface area contributed by atoms with Crippen molar-refractivity contribution in [1.29, 1.82) is 0 Å². The molecular weight excluding hydrogens is 561 g/mol. The first-order chi connectivity index (χ1) is 17.2. The molecule has 1 aromatic heterocycles. The molecule has 3 aromatic rings. The maximum atomic E-state index is 13.5. The molecule has 3 heterocycles. The zero-order chi connectivity index (χ0) is 25.4. The highest BCUT2D eigenvalue weighted by Crippen LogP contribution is 2.35. The Morgan fingerprint density at radius 2 is 2.08 bits per heavy atom. The van der Waals surface area contributed by atoms with E-state index >= 15 is 0 Å². The number of alkyl halides is 3. The Balaban J connectivity index is 1.35. The van der Waals surface area contributed by atoms with Crippen LogP contribution in [0.25, 0.3) is 17.0 Å². The van der Waals surface area contributed by atoms with E-state index in [-0.39, 0.29) is 30.7 Å².